The molecule has 1 unspecified atom stereocenters. The Balaban J connectivity index is 2.78. The molecule has 0 fully saturated rings. The van der Waals surface area contributed by atoms with E-state index in [4.69, 9.17) is 10.4 Å². The van der Waals surface area contributed by atoms with Crippen molar-refractivity contribution < 1.29 is 19.8 Å². The maximum Gasteiger partial charge on any atom is 0.317 e. The third kappa shape index (κ3) is 10.3. The second kappa shape index (κ2) is 13.2. The minimum Gasteiger partial charge on any atom is -0.480 e. The number of hydrogen-bond donors (Lipinski definition) is 2. The van der Waals surface area contributed by atoms with Gasteiger partial charge >= 0.3 is 11.9 Å². The lowest BCUT2D eigenvalue weighted by Crippen LogP contribution is -2.46. The van der Waals surface area contributed by atoms with E-state index >= 15 is 0 Å². The Morgan fingerprint density at radius 2 is 1.62 bits per heavy atom. The minimum absolute atomic E-state index is 0.0540. The highest BCUT2D eigenvalue weighted by Gasteiger charge is 2.20. The standard InChI is InChI=1S/C20H30N4O4S/c1-4-23(13-19(25)26)9-10-24(14-20(27)28)12-17(22(2)3)11-16-5-7-18(8-6-16)29-15-21/h5-8,17H,4,9-14H2,1-3H3,(H,25,26)(H,27,28). The van der Waals surface area contributed by atoms with Crippen molar-refractivity contribution in [3.63, 3.8) is 0 Å². The van der Waals surface area contributed by atoms with Gasteiger partial charge in [0.15, 0.2) is 0 Å². The van der Waals surface area contributed by atoms with Gasteiger partial charge in [-0.25, -0.2) is 0 Å². The average molecular weight is 423 g/mol. The van der Waals surface area contributed by atoms with Gasteiger partial charge in [-0.05, 0) is 56.5 Å². The molecule has 0 bridgehead atoms. The number of aliphatic carboxylic acids is 2. The summed E-state index contributed by atoms with van der Waals surface area (Å²) < 4.78 is 0. The summed E-state index contributed by atoms with van der Waals surface area (Å²) in [6.45, 7) is 3.87. The van der Waals surface area contributed by atoms with Gasteiger partial charge in [-0.1, -0.05) is 19.1 Å². The van der Waals surface area contributed by atoms with Crippen molar-refractivity contribution in [2.45, 2.75) is 24.3 Å². The molecular formula is C20H30N4O4S. The summed E-state index contributed by atoms with van der Waals surface area (Å²) in [6.07, 6.45) is 0.743. The molecule has 0 aromatic heterocycles. The first-order valence-corrected chi connectivity index (χ1v) is 10.3. The van der Waals surface area contributed by atoms with Crippen molar-refractivity contribution >= 4 is 23.7 Å². The van der Waals surface area contributed by atoms with Crippen LogP contribution >= 0.6 is 11.8 Å². The summed E-state index contributed by atoms with van der Waals surface area (Å²) in [5, 5.41) is 29.1. The summed E-state index contributed by atoms with van der Waals surface area (Å²) in [7, 11) is 3.93. The number of rotatable bonds is 14. The molecule has 1 rings (SSSR count). The van der Waals surface area contributed by atoms with Crippen LogP contribution in [0.3, 0.4) is 0 Å². The van der Waals surface area contributed by atoms with Crippen molar-refractivity contribution in [2.75, 3.05) is 53.4 Å². The fourth-order valence-electron chi connectivity index (χ4n) is 2.98. The minimum atomic E-state index is -0.901. The summed E-state index contributed by atoms with van der Waals surface area (Å²) >= 11 is 1.12. The molecule has 0 spiro atoms. The Kier molecular flexibility index (Phi) is 11.3. The van der Waals surface area contributed by atoms with E-state index in [1.165, 1.54) is 0 Å². The number of hydrogen-bond acceptors (Lipinski definition) is 7. The molecule has 0 aliphatic carbocycles. The number of thioether (sulfide) groups is 1. The highest BCUT2D eigenvalue weighted by Crippen LogP contribution is 2.18. The van der Waals surface area contributed by atoms with Crippen LogP contribution in [0.5, 0.6) is 0 Å². The number of likely N-dealkylation sites (N-methyl/N-ethyl adjacent to an activating group) is 2. The van der Waals surface area contributed by atoms with Crippen LogP contribution in [-0.2, 0) is 16.0 Å². The molecule has 0 saturated heterocycles. The third-order valence-corrected chi connectivity index (χ3v) is 5.25. The van der Waals surface area contributed by atoms with E-state index in [0.29, 0.717) is 26.2 Å². The molecule has 9 heteroatoms. The molecule has 1 aromatic rings. The van der Waals surface area contributed by atoms with Gasteiger partial charge in [-0.3, -0.25) is 19.4 Å². The number of nitriles is 1. The molecule has 2 N–H and O–H groups in total. The zero-order valence-electron chi connectivity index (χ0n) is 17.2. The lowest BCUT2D eigenvalue weighted by molar-refractivity contribution is -0.140. The second-order valence-electron chi connectivity index (χ2n) is 7.05. The van der Waals surface area contributed by atoms with Crippen LogP contribution in [0, 0.1) is 10.7 Å². The number of nitrogens with zero attached hydrogens (tertiary/aromatic N) is 4. The second-order valence-corrected chi connectivity index (χ2v) is 7.91. The van der Waals surface area contributed by atoms with Crippen LogP contribution in [0.1, 0.15) is 12.5 Å². The van der Waals surface area contributed by atoms with Crippen molar-refractivity contribution in [1.29, 1.82) is 5.26 Å². The molecule has 1 aromatic carbocycles. The Hall–Kier alpha value is -2.12. The maximum absolute atomic E-state index is 11.3. The highest BCUT2D eigenvalue weighted by atomic mass is 32.2. The van der Waals surface area contributed by atoms with Gasteiger partial charge < -0.3 is 15.1 Å². The van der Waals surface area contributed by atoms with Crippen molar-refractivity contribution in [3.8, 4) is 5.40 Å². The van der Waals surface area contributed by atoms with Crippen molar-refractivity contribution in [2.24, 2.45) is 0 Å². The van der Waals surface area contributed by atoms with E-state index in [9.17, 15) is 14.7 Å². The first-order valence-electron chi connectivity index (χ1n) is 9.44. The van der Waals surface area contributed by atoms with Gasteiger partial charge in [0.2, 0.25) is 0 Å². The topological polar surface area (TPSA) is 108 Å². The van der Waals surface area contributed by atoms with Crippen LogP contribution in [-0.4, -0.2) is 96.3 Å². The molecule has 1 atom stereocenters. The molecule has 0 aliphatic heterocycles. The van der Waals surface area contributed by atoms with Gasteiger partial charge in [-0.2, -0.15) is 5.26 Å². The van der Waals surface area contributed by atoms with Crippen molar-refractivity contribution in [1.82, 2.24) is 14.7 Å². The number of benzene rings is 1. The van der Waals surface area contributed by atoms with E-state index in [1.807, 2.05) is 50.2 Å². The number of thiocyanates is 1. The molecule has 0 amide bonds. The summed E-state index contributed by atoms with van der Waals surface area (Å²) in [4.78, 5) is 28.9. The van der Waals surface area contributed by atoms with Crippen LogP contribution in [0.15, 0.2) is 29.2 Å². The summed E-state index contributed by atoms with van der Waals surface area (Å²) in [5.74, 6) is -1.79. The first kappa shape index (κ1) is 24.9. The molecule has 160 valence electrons. The van der Waals surface area contributed by atoms with Crippen LogP contribution in [0.4, 0.5) is 0 Å². The van der Waals surface area contributed by atoms with Crippen LogP contribution in [0.2, 0.25) is 0 Å². The fourth-order valence-corrected chi connectivity index (χ4v) is 3.35. The van der Waals surface area contributed by atoms with E-state index in [2.05, 4.69) is 10.3 Å². The normalized spacial score (nSPS) is 12.3. The molecule has 0 heterocycles. The summed E-state index contributed by atoms with van der Waals surface area (Å²) in [5.41, 5.74) is 1.11. The monoisotopic (exact) mass is 422 g/mol. The van der Waals surface area contributed by atoms with Gasteiger partial charge in [0.05, 0.1) is 13.1 Å². The average Bonchev–Trinajstić information content (AvgIpc) is 2.65. The van der Waals surface area contributed by atoms with Crippen LogP contribution < -0.4 is 0 Å². The Morgan fingerprint density at radius 1 is 1.07 bits per heavy atom. The SMILES string of the molecule is CCN(CCN(CC(=O)O)CC(Cc1ccc(SC#N)cc1)N(C)C)CC(=O)O. The lowest BCUT2D eigenvalue weighted by Gasteiger charge is -2.32. The number of carbonyl (C=O) groups is 2. The Bertz CT molecular complexity index is 691. The van der Waals surface area contributed by atoms with E-state index in [0.717, 1.165) is 28.6 Å². The Labute approximate surface area is 176 Å². The van der Waals surface area contributed by atoms with Gasteiger partial charge in [0, 0.05) is 30.6 Å². The zero-order chi connectivity index (χ0) is 21.8. The molecule has 0 aliphatic rings. The van der Waals surface area contributed by atoms with E-state index < -0.39 is 11.9 Å². The number of carboxylic acid groups (broad SMARTS) is 2. The van der Waals surface area contributed by atoms with E-state index in [1.54, 1.807) is 4.90 Å². The maximum atomic E-state index is 11.3. The molecule has 8 nitrogen and oxygen atoms in total. The first-order chi connectivity index (χ1) is 13.7. The zero-order valence-corrected chi connectivity index (χ0v) is 18.1. The fraction of sp³-hybridized carbons (Fsp3) is 0.550. The smallest absolute Gasteiger partial charge is 0.317 e. The number of carboxylic acids is 2. The predicted octanol–water partition coefficient (Wildman–Crippen LogP) is 1.53. The molecule has 0 radical (unpaired) electrons. The Morgan fingerprint density at radius 3 is 2.10 bits per heavy atom. The van der Waals surface area contributed by atoms with Gasteiger partial charge in [0.25, 0.3) is 0 Å². The van der Waals surface area contributed by atoms with Crippen LogP contribution in [0.25, 0.3) is 0 Å². The summed E-state index contributed by atoms with van der Waals surface area (Å²) in [6, 6.07) is 7.90. The molecule has 29 heavy (non-hydrogen) atoms. The molecular weight excluding hydrogens is 392 g/mol. The molecule has 0 saturated carbocycles. The highest BCUT2D eigenvalue weighted by molar-refractivity contribution is 8.03. The van der Waals surface area contributed by atoms with Crippen molar-refractivity contribution in [3.05, 3.63) is 29.8 Å². The van der Waals surface area contributed by atoms with E-state index in [-0.39, 0.29) is 19.1 Å². The van der Waals surface area contributed by atoms with Gasteiger partial charge in [-0.15, -0.1) is 0 Å². The van der Waals surface area contributed by atoms with Gasteiger partial charge in [0.1, 0.15) is 5.40 Å². The predicted molar refractivity (Wildman–Crippen MR) is 113 cm³/mol. The third-order valence-electron chi connectivity index (χ3n) is 4.65. The largest absolute Gasteiger partial charge is 0.480 e. The quantitative estimate of drug-likeness (QED) is 0.341. The lowest BCUT2D eigenvalue weighted by atomic mass is 10.0.